The summed E-state index contributed by atoms with van der Waals surface area (Å²) in [6, 6.07) is 15.1. The molecule has 0 aromatic heterocycles. The van der Waals surface area contributed by atoms with Crippen molar-refractivity contribution in [3.63, 3.8) is 0 Å². The molecular weight excluding hydrogens is 248 g/mol. The summed E-state index contributed by atoms with van der Waals surface area (Å²) >= 11 is 0. The quantitative estimate of drug-likeness (QED) is 0.844. The SMILES string of the molecule is C=C1c2ccccc2C(=O)N1C(C)c1ccc(N)cc1. The van der Waals surface area contributed by atoms with E-state index in [4.69, 9.17) is 5.73 Å². The maximum absolute atomic E-state index is 12.5. The highest BCUT2D eigenvalue weighted by Crippen LogP contribution is 2.37. The van der Waals surface area contributed by atoms with E-state index >= 15 is 0 Å². The Morgan fingerprint density at radius 2 is 1.65 bits per heavy atom. The Labute approximate surface area is 118 Å². The van der Waals surface area contributed by atoms with Gasteiger partial charge in [-0.1, -0.05) is 36.9 Å². The minimum atomic E-state index is -0.0667. The Kier molecular flexibility index (Phi) is 2.83. The van der Waals surface area contributed by atoms with Crippen molar-refractivity contribution in [2.75, 3.05) is 5.73 Å². The van der Waals surface area contributed by atoms with E-state index in [1.165, 1.54) is 0 Å². The van der Waals surface area contributed by atoms with Gasteiger partial charge < -0.3 is 10.6 Å². The van der Waals surface area contributed by atoms with Gasteiger partial charge in [-0.2, -0.15) is 0 Å². The van der Waals surface area contributed by atoms with E-state index in [2.05, 4.69) is 6.58 Å². The van der Waals surface area contributed by atoms with Gasteiger partial charge >= 0.3 is 0 Å². The van der Waals surface area contributed by atoms with Crippen LogP contribution in [0.2, 0.25) is 0 Å². The van der Waals surface area contributed by atoms with Crippen LogP contribution in [0, 0.1) is 0 Å². The van der Waals surface area contributed by atoms with Crippen LogP contribution in [-0.2, 0) is 0 Å². The highest BCUT2D eigenvalue weighted by atomic mass is 16.2. The van der Waals surface area contributed by atoms with E-state index in [1.54, 1.807) is 4.90 Å². The molecular formula is C17H16N2O. The zero-order chi connectivity index (χ0) is 14.3. The minimum absolute atomic E-state index is 0.00919. The van der Waals surface area contributed by atoms with Crippen LogP contribution in [0.1, 0.15) is 34.5 Å². The Hall–Kier alpha value is -2.55. The molecule has 0 aliphatic carbocycles. The molecule has 2 aromatic carbocycles. The summed E-state index contributed by atoms with van der Waals surface area (Å²) in [6.45, 7) is 6.07. The number of hydrogen-bond acceptors (Lipinski definition) is 2. The van der Waals surface area contributed by atoms with Crippen molar-refractivity contribution in [1.29, 1.82) is 0 Å². The van der Waals surface area contributed by atoms with Crippen LogP contribution in [-0.4, -0.2) is 10.8 Å². The first-order chi connectivity index (χ1) is 9.59. The average molecular weight is 264 g/mol. The van der Waals surface area contributed by atoms with Crippen molar-refractivity contribution >= 4 is 17.3 Å². The second-order valence-electron chi connectivity index (χ2n) is 5.01. The lowest BCUT2D eigenvalue weighted by Gasteiger charge is -2.26. The largest absolute Gasteiger partial charge is 0.399 e. The predicted molar refractivity (Wildman–Crippen MR) is 80.9 cm³/mol. The van der Waals surface area contributed by atoms with E-state index in [0.29, 0.717) is 0 Å². The monoisotopic (exact) mass is 264 g/mol. The Balaban J connectivity index is 1.98. The second kappa shape index (κ2) is 4.53. The molecule has 1 amide bonds. The fourth-order valence-corrected chi connectivity index (χ4v) is 2.64. The molecule has 0 fully saturated rings. The van der Waals surface area contributed by atoms with Gasteiger partial charge in [0.25, 0.3) is 5.91 Å². The molecule has 3 rings (SSSR count). The molecule has 3 heteroatoms. The summed E-state index contributed by atoms with van der Waals surface area (Å²) in [5, 5.41) is 0. The number of nitrogen functional groups attached to an aromatic ring is 1. The van der Waals surface area contributed by atoms with Crippen molar-refractivity contribution in [1.82, 2.24) is 4.90 Å². The molecule has 0 spiro atoms. The number of rotatable bonds is 2. The van der Waals surface area contributed by atoms with Crippen molar-refractivity contribution in [2.45, 2.75) is 13.0 Å². The molecule has 2 N–H and O–H groups in total. The lowest BCUT2D eigenvalue weighted by Crippen LogP contribution is -2.26. The van der Waals surface area contributed by atoms with Gasteiger partial charge in [-0.25, -0.2) is 0 Å². The third-order valence-corrected chi connectivity index (χ3v) is 3.78. The van der Waals surface area contributed by atoms with Gasteiger partial charge in [-0.3, -0.25) is 4.79 Å². The molecule has 3 nitrogen and oxygen atoms in total. The summed E-state index contributed by atoms with van der Waals surface area (Å²) in [5.74, 6) is 0.00919. The molecule has 0 saturated heterocycles. The molecule has 0 bridgehead atoms. The molecule has 1 atom stereocenters. The smallest absolute Gasteiger partial charge is 0.259 e. The molecule has 1 unspecified atom stereocenters. The lowest BCUT2D eigenvalue weighted by atomic mass is 10.1. The van der Waals surface area contributed by atoms with E-state index in [9.17, 15) is 4.79 Å². The van der Waals surface area contributed by atoms with E-state index in [-0.39, 0.29) is 11.9 Å². The first-order valence-electron chi connectivity index (χ1n) is 6.57. The number of amides is 1. The molecule has 1 heterocycles. The number of nitrogens with zero attached hydrogens (tertiary/aromatic N) is 1. The van der Waals surface area contributed by atoms with Gasteiger partial charge in [0.05, 0.1) is 6.04 Å². The van der Waals surface area contributed by atoms with Crippen molar-refractivity contribution < 1.29 is 4.79 Å². The van der Waals surface area contributed by atoms with Crippen molar-refractivity contribution in [3.8, 4) is 0 Å². The van der Waals surface area contributed by atoms with E-state index in [0.717, 1.165) is 28.1 Å². The molecule has 1 aliphatic rings. The van der Waals surface area contributed by atoms with Crippen LogP contribution >= 0.6 is 0 Å². The second-order valence-corrected chi connectivity index (χ2v) is 5.01. The number of benzene rings is 2. The van der Waals surface area contributed by atoms with Gasteiger partial charge in [0, 0.05) is 22.5 Å². The fourth-order valence-electron chi connectivity index (χ4n) is 2.64. The van der Waals surface area contributed by atoms with Gasteiger partial charge in [-0.15, -0.1) is 0 Å². The maximum Gasteiger partial charge on any atom is 0.259 e. The minimum Gasteiger partial charge on any atom is -0.399 e. The maximum atomic E-state index is 12.5. The first kappa shape index (κ1) is 12.5. The van der Waals surface area contributed by atoms with Crippen LogP contribution in [0.15, 0.2) is 55.1 Å². The topological polar surface area (TPSA) is 46.3 Å². The summed E-state index contributed by atoms with van der Waals surface area (Å²) in [6.07, 6.45) is 0. The molecule has 0 radical (unpaired) electrons. The third kappa shape index (κ3) is 1.79. The highest BCUT2D eigenvalue weighted by molar-refractivity contribution is 6.09. The van der Waals surface area contributed by atoms with Crippen molar-refractivity contribution in [2.24, 2.45) is 0 Å². The molecule has 2 aromatic rings. The number of carbonyl (C=O) groups excluding carboxylic acids is 1. The number of fused-ring (bicyclic) bond motifs is 1. The summed E-state index contributed by atoms with van der Waals surface area (Å²) in [4.78, 5) is 14.3. The first-order valence-corrected chi connectivity index (χ1v) is 6.57. The van der Waals surface area contributed by atoms with Crippen molar-refractivity contribution in [3.05, 3.63) is 71.8 Å². The average Bonchev–Trinajstić information content (AvgIpc) is 2.72. The van der Waals surface area contributed by atoms with E-state index < -0.39 is 0 Å². The molecule has 100 valence electrons. The zero-order valence-corrected chi connectivity index (χ0v) is 11.3. The third-order valence-electron chi connectivity index (χ3n) is 3.78. The molecule has 20 heavy (non-hydrogen) atoms. The zero-order valence-electron chi connectivity index (χ0n) is 11.3. The van der Waals surface area contributed by atoms with E-state index in [1.807, 2.05) is 55.5 Å². The number of nitrogens with two attached hydrogens (primary N) is 1. The van der Waals surface area contributed by atoms with Crippen LogP contribution in [0.3, 0.4) is 0 Å². The van der Waals surface area contributed by atoms with Crippen LogP contribution in [0.25, 0.3) is 5.70 Å². The Bertz CT molecular complexity index is 653. The summed E-state index contributed by atoms with van der Waals surface area (Å²) in [7, 11) is 0. The number of hydrogen-bond donors (Lipinski definition) is 1. The highest BCUT2D eigenvalue weighted by Gasteiger charge is 2.34. The fraction of sp³-hybridized carbons (Fsp3) is 0.118. The Morgan fingerprint density at radius 1 is 1.05 bits per heavy atom. The Morgan fingerprint density at radius 3 is 2.25 bits per heavy atom. The van der Waals surface area contributed by atoms with Gasteiger partial charge in [0.1, 0.15) is 0 Å². The van der Waals surface area contributed by atoms with Gasteiger partial charge in [0.15, 0.2) is 0 Å². The summed E-state index contributed by atoms with van der Waals surface area (Å²) < 4.78 is 0. The van der Waals surface area contributed by atoms with Crippen LogP contribution in [0.4, 0.5) is 5.69 Å². The lowest BCUT2D eigenvalue weighted by molar-refractivity contribution is 0.0812. The number of anilines is 1. The van der Waals surface area contributed by atoms with Gasteiger partial charge in [0.2, 0.25) is 0 Å². The predicted octanol–water partition coefficient (Wildman–Crippen LogP) is 3.46. The normalized spacial score (nSPS) is 15.3. The standard InChI is InChI=1S/C17H16N2O/c1-11(13-7-9-14(18)10-8-13)19-12(2)15-5-3-4-6-16(15)17(19)20/h3-11H,2,18H2,1H3. The number of carbonyl (C=O) groups is 1. The summed E-state index contributed by atoms with van der Waals surface area (Å²) in [5.41, 5.74) is 9.86. The van der Waals surface area contributed by atoms with Crippen LogP contribution < -0.4 is 5.73 Å². The van der Waals surface area contributed by atoms with Crippen LogP contribution in [0.5, 0.6) is 0 Å². The molecule has 0 saturated carbocycles. The van der Waals surface area contributed by atoms with Gasteiger partial charge in [-0.05, 0) is 30.7 Å². The molecule has 1 aliphatic heterocycles.